The Hall–Kier alpha value is -2.04. The predicted molar refractivity (Wildman–Crippen MR) is 80.1 cm³/mol. The Morgan fingerprint density at radius 1 is 1.25 bits per heavy atom. The van der Waals surface area contributed by atoms with E-state index >= 15 is 0 Å². The summed E-state index contributed by atoms with van der Waals surface area (Å²) in [6.07, 6.45) is 0.977. The van der Waals surface area contributed by atoms with E-state index < -0.39 is 0 Å². The van der Waals surface area contributed by atoms with Crippen molar-refractivity contribution in [2.24, 2.45) is 0 Å². The van der Waals surface area contributed by atoms with Crippen LogP contribution in [0.15, 0.2) is 24.3 Å². The van der Waals surface area contributed by atoms with Crippen LogP contribution in [0, 0.1) is 0 Å². The molecule has 0 fully saturated rings. The fourth-order valence-electron chi connectivity index (χ4n) is 1.96. The van der Waals surface area contributed by atoms with E-state index in [0.29, 0.717) is 31.6 Å². The average molecular weight is 277 g/mol. The number of amides is 2. The van der Waals surface area contributed by atoms with Crippen LogP contribution >= 0.6 is 0 Å². The summed E-state index contributed by atoms with van der Waals surface area (Å²) in [7, 11) is 0. The molecule has 20 heavy (non-hydrogen) atoms. The van der Waals surface area contributed by atoms with Gasteiger partial charge in [-0.2, -0.15) is 0 Å². The van der Waals surface area contributed by atoms with Crippen LogP contribution in [0.5, 0.6) is 0 Å². The third-order valence-electron chi connectivity index (χ3n) is 3.14. The van der Waals surface area contributed by atoms with Crippen molar-refractivity contribution in [3.8, 4) is 0 Å². The molecule has 0 heterocycles. The number of nitrogen functional groups attached to an aromatic ring is 1. The molecular formula is C15H23N3O2. The van der Waals surface area contributed by atoms with Gasteiger partial charge in [-0.15, -0.1) is 0 Å². The summed E-state index contributed by atoms with van der Waals surface area (Å²) in [6.45, 7) is 5.23. The number of nitrogens with one attached hydrogen (secondary N) is 1. The zero-order valence-electron chi connectivity index (χ0n) is 12.2. The van der Waals surface area contributed by atoms with Gasteiger partial charge in [0.25, 0.3) is 0 Å². The van der Waals surface area contributed by atoms with Gasteiger partial charge in [0.15, 0.2) is 0 Å². The molecule has 1 aromatic carbocycles. The lowest BCUT2D eigenvalue weighted by atomic mass is 10.1. The second kappa shape index (κ2) is 8.19. The van der Waals surface area contributed by atoms with Crippen molar-refractivity contribution in [3.63, 3.8) is 0 Å². The average Bonchev–Trinajstić information content (AvgIpc) is 2.44. The van der Waals surface area contributed by atoms with Crippen molar-refractivity contribution in [3.05, 3.63) is 29.8 Å². The van der Waals surface area contributed by atoms with Gasteiger partial charge in [-0.25, -0.2) is 0 Å². The fraction of sp³-hybridized carbons (Fsp3) is 0.467. The number of benzene rings is 1. The highest BCUT2D eigenvalue weighted by molar-refractivity contribution is 5.84. The van der Waals surface area contributed by atoms with Gasteiger partial charge < -0.3 is 16.0 Å². The molecule has 0 aliphatic rings. The van der Waals surface area contributed by atoms with Crippen molar-refractivity contribution in [2.45, 2.75) is 26.7 Å². The van der Waals surface area contributed by atoms with Gasteiger partial charge in [-0.1, -0.05) is 12.1 Å². The minimum atomic E-state index is -0.118. The Balaban J connectivity index is 2.32. The molecule has 110 valence electrons. The summed E-state index contributed by atoms with van der Waals surface area (Å²) >= 11 is 0. The normalized spacial score (nSPS) is 10.1. The molecule has 5 heteroatoms. The number of nitrogens with zero attached hydrogens (tertiary/aromatic N) is 1. The number of anilines is 1. The first-order chi connectivity index (χ1) is 9.56. The molecule has 0 radical (unpaired) electrons. The standard InChI is InChI=1S/C15H23N3O2/c1-3-18(4-2)15(20)11-17-14(19)9-8-12-6-5-7-13(16)10-12/h5-7,10H,3-4,8-9,11,16H2,1-2H3,(H,17,19). The van der Waals surface area contributed by atoms with Crippen LogP contribution in [0.3, 0.4) is 0 Å². The maximum absolute atomic E-state index is 11.7. The quantitative estimate of drug-likeness (QED) is 0.735. The summed E-state index contributed by atoms with van der Waals surface area (Å²) in [4.78, 5) is 25.1. The van der Waals surface area contributed by atoms with E-state index in [1.165, 1.54) is 0 Å². The van der Waals surface area contributed by atoms with E-state index in [1.54, 1.807) is 4.90 Å². The molecular weight excluding hydrogens is 254 g/mol. The van der Waals surface area contributed by atoms with Gasteiger partial charge in [-0.05, 0) is 38.0 Å². The molecule has 0 unspecified atom stereocenters. The summed E-state index contributed by atoms with van der Waals surface area (Å²) in [5.74, 6) is -0.166. The number of rotatable bonds is 7. The molecule has 1 rings (SSSR count). The zero-order valence-corrected chi connectivity index (χ0v) is 12.2. The molecule has 0 aliphatic heterocycles. The predicted octanol–water partition coefficient (Wildman–Crippen LogP) is 1.19. The number of carbonyl (C=O) groups excluding carboxylic acids is 2. The number of nitrogens with two attached hydrogens (primary N) is 1. The number of hydrogen-bond donors (Lipinski definition) is 2. The van der Waals surface area contributed by atoms with E-state index in [-0.39, 0.29) is 18.4 Å². The van der Waals surface area contributed by atoms with E-state index in [2.05, 4.69) is 5.32 Å². The maximum atomic E-state index is 11.7. The van der Waals surface area contributed by atoms with Gasteiger partial charge in [0.2, 0.25) is 11.8 Å². The Kier molecular flexibility index (Phi) is 6.56. The van der Waals surface area contributed by atoms with E-state index in [4.69, 9.17) is 5.73 Å². The highest BCUT2D eigenvalue weighted by atomic mass is 16.2. The lowest BCUT2D eigenvalue weighted by Crippen LogP contribution is -2.40. The minimum Gasteiger partial charge on any atom is -0.399 e. The summed E-state index contributed by atoms with van der Waals surface area (Å²) < 4.78 is 0. The molecule has 2 amide bonds. The molecule has 0 spiro atoms. The van der Waals surface area contributed by atoms with E-state index in [1.807, 2.05) is 38.1 Å². The first-order valence-electron chi connectivity index (χ1n) is 6.95. The fourth-order valence-corrected chi connectivity index (χ4v) is 1.96. The van der Waals surface area contributed by atoms with E-state index in [0.717, 1.165) is 5.56 Å². The third-order valence-corrected chi connectivity index (χ3v) is 3.14. The molecule has 0 saturated carbocycles. The van der Waals surface area contributed by atoms with Crippen LogP contribution in [-0.4, -0.2) is 36.3 Å². The van der Waals surface area contributed by atoms with Gasteiger partial charge in [0, 0.05) is 25.2 Å². The number of likely N-dealkylation sites (N-methyl/N-ethyl adjacent to an activating group) is 1. The van der Waals surface area contributed by atoms with Crippen molar-refractivity contribution >= 4 is 17.5 Å². The van der Waals surface area contributed by atoms with Gasteiger partial charge in [0.05, 0.1) is 6.54 Å². The summed E-state index contributed by atoms with van der Waals surface area (Å²) in [6, 6.07) is 7.47. The molecule has 0 aromatic heterocycles. The monoisotopic (exact) mass is 277 g/mol. The minimum absolute atomic E-state index is 0.0488. The third kappa shape index (κ3) is 5.30. The highest BCUT2D eigenvalue weighted by Gasteiger charge is 2.10. The Morgan fingerprint density at radius 3 is 2.55 bits per heavy atom. The van der Waals surface area contributed by atoms with Gasteiger partial charge in [0.1, 0.15) is 0 Å². The van der Waals surface area contributed by atoms with Crippen molar-refractivity contribution < 1.29 is 9.59 Å². The Morgan fingerprint density at radius 2 is 1.95 bits per heavy atom. The smallest absolute Gasteiger partial charge is 0.241 e. The number of hydrogen-bond acceptors (Lipinski definition) is 3. The van der Waals surface area contributed by atoms with Crippen LogP contribution in [0.2, 0.25) is 0 Å². The maximum Gasteiger partial charge on any atom is 0.241 e. The lowest BCUT2D eigenvalue weighted by Gasteiger charge is -2.18. The Bertz CT molecular complexity index is 456. The van der Waals surface area contributed by atoms with Crippen LogP contribution in [0.4, 0.5) is 5.69 Å². The van der Waals surface area contributed by atoms with Gasteiger partial charge >= 0.3 is 0 Å². The highest BCUT2D eigenvalue weighted by Crippen LogP contribution is 2.08. The first kappa shape index (κ1) is 16.0. The topological polar surface area (TPSA) is 75.4 Å². The first-order valence-corrected chi connectivity index (χ1v) is 6.95. The summed E-state index contributed by atoms with van der Waals surface area (Å²) in [5, 5.41) is 2.66. The SMILES string of the molecule is CCN(CC)C(=O)CNC(=O)CCc1cccc(N)c1. The van der Waals surface area contributed by atoms with Crippen LogP contribution in [-0.2, 0) is 16.0 Å². The number of carbonyl (C=O) groups is 2. The lowest BCUT2D eigenvalue weighted by molar-refractivity contribution is -0.132. The van der Waals surface area contributed by atoms with Crippen molar-refractivity contribution in [1.82, 2.24) is 10.2 Å². The second-order valence-electron chi connectivity index (χ2n) is 4.59. The van der Waals surface area contributed by atoms with Crippen LogP contribution in [0.25, 0.3) is 0 Å². The molecule has 0 atom stereocenters. The van der Waals surface area contributed by atoms with Crippen LogP contribution < -0.4 is 11.1 Å². The molecule has 1 aromatic rings. The zero-order chi connectivity index (χ0) is 15.0. The Labute approximate surface area is 120 Å². The molecule has 3 N–H and O–H groups in total. The second-order valence-corrected chi connectivity index (χ2v) is 4.59. The largest absolute Gasteiger partial charge is 0.399 e. The van der Waals surface area contributed by atoms with E-state index in [9.17, 15) is 9.59 Å². The summed E-state index contributed by atoms with van der Waals surface area (Å²) in [5.41, 5.74) is 7.39. The van der Waals surface area contributed by atoms with Gasteiger partial charge in [-0.3, -0.25) is 9.59 Å². The van der Waals surface area contributed by atoms with Crippen molar-refractivity contribution in [1.29, 1.82) is 0 Å². The molecule has 5 nitrogen and oxygen atoms in total. The molecule has 0 bridgehead atoms. The molecule has 0 aliphatic carbocycles. The van der Waals surface area contributed by atoms with Crippen molar-refractivity contribution in [2.75, 3.05) is 25.4 Å². The number of aryl methyl sites for hydroxylation is 1. The van der Waals surface area contributed by atoms with Crippen LogP contribution in [0.1, 0.15) is 25.8 Å². The molecule has 0 saturated heterocycles.